The number of nitrogen functional groups attached to an aromatic ring is 1. The van der Waals surface area contributed by atoms with Crippen molar-refractivity contribution in [1.82, 2.24) is 19.3 Å². The van der Waals surface area contributed by atoms with Crippen molar-refractivity contribution in [3.8, 4) is 11.1 Å². The van der Waals surface area contributed by atoms with E-state index < -0.39 is 0 Å². The van der Waals surface area contributed by atoms with Gasteiger partial charge in [-0.1, -0.05) is 30.3 Å². The van der Waals surface area contributed by atoms with Crippen molar-refractivity contribution in [2.75, 3.05) is 5.84 Å². The lowest BCUT2D eigenvalue weighted by atomic mass is 10.1. The Labute approximate surface area is 119 Å². The van der Waals surface area contributed by atoms with Crippen molar-refractivity contribution >= 4 is 16.6 Å². The maximum absolute atomic E-state index is 7.99. The predicted molar refractivity (Wildman–Crippen MR) is 79.9 cm³/mol. The molecule has 6 heteroatoms. The molecular formula is C15H12N6. The first kappa shape index (κ1) is 11.7. The highest BCUT2D eigenvalue weighted by Gasteiger charge is 2.11. The van der Waals surface area contributed by atoms with Gasteiger partial charge in [0.1, 0.15) is 0 Å². The third kappa shape index (κ3) is 1.62. The van der Waals surface area contributed by atoms with Crippen LogP contribution in [0.1, 0.15) is 0 Å². The monoisotopic (exact) mass is 276 g/mol. The van der Waals surface area contributed by atoms with E-state index in [0.717, 1.165) is 22.3 Å². The van der Waals surface area contributed by atoms with E-state index in [0.29, 0.717) is 5.39 Å². The molecule has 0 aliphatic rings. The fraction of sp³-hybridized carbons (Fsp3) is 0. The molecule has 0 saturated heterocycles. The number of nitrogens with zero attached hydrogens (tertiary/aromatic N) is 4. The summed E-state index contributed by atoms with van der Waals surface area (Å²) < 4.78 is 3.01. The lowest BCUT2D eigenvalue weighted by Crippen LogP contribution is -2.27. The molecule has 21 heavy (non-hydrogen) atoms. The third-order valence-electron chi connectivity index (χ3n) is 3.56. The average Bonchev–Trinajstić information content (AvgIpc) is 2.96. The molecule has 0 fully saturated rings. The van der Waals surface area contributed by atoms with Gasteiger partial charge in [-0.3, -0.25) is 10.1 Å². The van der Waals surface area contributed by atoms with E-state index in [1.165, 1.54) is 4.68 Å². The minimum atomic E-state index is 0.207. The fourth-order valence-electron chi connectivity index (χ4n) is 2.48. The molecule has 0 atom stereocenters. The largest absolute Gasteiger partial charge is 0.338 e. The SMILES string of the molecule is N=c1c2cnc3c(-c4ccccc4)cnn3c2ccn1N. The summed E-state index contributed by atoms with van der Waals surface area (Å²) in [5.74, 6) is 5.70. The number of nitrogens with one attached hydrogen (secondary N) is 1. The summed E-state index contributed by atoms with van der Waals surface area (Å²) in [6, 6.07) is 11.8. The Morgan fingerprint density at radius 2 is 1.86 bits per heavy atom. The molecule has 0 amide bonds. The normalized spacial score (nSPS) is 11.2. The zero-order chi connectivity index (χ0) is 14.4. The van der Waals surface area contributed by atoms with Crippen LogP contribution in [0.5, 0.6) is 0 Å². The van der Waals surface area contributed by atoms with Crippen LogP contribution in [0, 0.1) is 5.41 Å². The zero-order valence-electron chi connectivity index (χ0n) is 11.1. The van der Waals surface area contributed by atoms with E-state index in [1.54, 1.807) is 23.1 Å². The highest BCUT2D eigenvalue weighted by Crippen LogP contribution is 2.24. The van der Waals surface area contributed by atoms with Crippen molar-refractivity contribution in [2.45, 2.75) is 0 Å². The molecule has 0 bridgehead atoms. The molecule has 3 N–H and O–H groups in total. The molecule has 0 aliphatic heterocycles. The van der Waals surface area contributed by atoms with Gasteiger partial charge in [0.05, 0.1) is 17.1 Å². The van der Waals surface area contributed by atoms with Crippen LogP contribution in [0.2, 0.25) is 0 Å². The van der Waals surface area contributed by atoms with E-state index in [4.69, 9.17) is 11.3 Å². The second kappa shape index (κ2) is 4.17. The molecule has 6 nitrogen and oxygen atoms in total. The Balaban J connectivity index is 2.10. The smallest absolute Gasteiger partial charge is 0.163 e. The van der Waals surface area contributed by atoms with Gasteiger partial charge in [-0.25, -0.2) is 9.50 Å². The van der Waals surface area contributed by atoms with Crippen LogP contribution in [0.25, 0.3) is 27.7 Å². The van der Waals surface area contributed by atoms with Crippen LogP contribution in [-0.2, 0) is 0 Å². The Hall–Kier alpha value is -3.15. The van der Waals surface area contributed by atoms with E-state index in [9.17, 15) is 0 Å². The molecule has 0 spiro atoms. The van der Waals surface area contributed by atoms with Gasteiger partial charge in [-0.15, -0.1) is 0 Å². The number of hydrogen-bond acceptors (Lipinski definition) is 4. The zero-order valence-corrected chi connectivity index (χ0v) is 11.1. The molecule has 0 unspecified atom stereocenters. The van der Waals surface area contributed by atoms with Gasteiger partial charge in [0.2, 0.25) is 0 Å². The van der Waals surface area contributed by atoms with Gasteiger partial charge < -0.3 is 5.84 Å². The first-order valence-corrected chi connectivity index (χ1v) is 6.49. The van der Waals surface area contributed by atoms with Crippen molar-refractivity contribution in [3.05, 3.63) is 60.5 Å². The predicted octanol–water partition coefficient (Wildman–Crippen LogP) is 1.54. The molecule has 1 aromatic carbocycles. The first-order chi connectivity index (χ1) is 10.3. The van der Waals surface area contributed by atoms with Crippen molar-refractivity contribution in [1.29, 1.82) is 5.41 Å². The molecule has 0 aliphatic carbocycles. The third-order valence-corrected chi connectivity index (χ3v) is 3.56. The standard InChI is InChI=1S/C15H12N6/c16-14-12-8-18-15-11(10-4-2-1-3-5-10)9-19-21(15)13(12)6-7-20(14)17/h1-9,16H,17H2. The Bertz CT molecular complexity index is 1010. The summed E-state index contributed by atoms with van der Waals surface area (Å²) in [7, 11) is 0. The quantitative estimate of drug-likeness (QED) is 0.517. The highest BCUT2D eigenvalue weighted by molar-refractivity contribution is 5.84. The Morgan fingerprint density at radius 3 is 2.67 bits per heavy atom. The minimum Gasteiger partial charge on any atom is -0.338 e. The summed E-state index contributed by atoms with van der Waals surface area (Å²) >= 11 is 0. The first-order valence-electron chi connectivity index (χ1n) is 6.49. The van der Waals surface area contributed by atoms with E-state index in [1.807, 2.05) is 36.4 Å². The minimum absolute atomic E-state index is 0.207. The Kier molecular flexibility index (Phi) is 2.32. The number of hydrogen-bond donors (Lipinski definition) is 2. The van der Waals surface area contributed by atoms with Crippen LogP contribution in [0.4, 0.5) is 0 Å². The molecule has 3 heterocycles. The van der Waals surface area contributed by atoms with Gasteiger partial charge in [0, 0.05) is 18.0 Å². The second-order valence-corrected chi connectivity index (χ2v) is 4.79. The summed E-state index contributed by atoms with van der Waals surface area (Å²) in [6.45, 7) is 0. The van der Waals surface area contributed by atoms with Crippen LogP contribution >= 0.6 is 0 Å². The molecule has 102 valence electrons. The Morgan fingerprint density at radius 1 is 1.05 bits per heavy atom. The van der Waals surface area contributed by atoms with Gasteiger partial charge in [0.15, 0.2) is 11.1 Å². The van der Waals surface area contributed by atoms with Gasteiger partial charge >= 0.3 is 0 Å². The fourth-order valence-corrected chi connectivity index (χ4v) is 2.48. The van der Waals surface area contributed by atoms with E-state index >= 15 is 0 Å². The number of pyridine rings is 1. The highest BCUT2D eigenvalue weighted by atomic mass is 15.3. The van der Waals surface area contributed by atoms with Gasteiger partial charge in [0.25, 0.3) is 0 Å². The number of aromatic nitrogens is 4. The summed E-state index contributed by atoms with van der Waals surface area (Å²) in [5, 5.41) is 13.1. The molecule has 0 radical (unpaired) electrons. The van der Waals surface area contributed by atoms with Crippen LogP contribution in [0.15, 0.2) is 55.0 Å². The molecule has 4 aromatic rings. The van der Waals surface area contributed by atoms with E-state index in [2.05, 4.69) is 10.1 Å². The summed E-state index contributed by atoms with van der Waals surface area (Å²) in [5.41, 5.74) is 3.82. The maximum Gasteiger partial charge on any atom is 0.163 e. The van der Waals surface area contributed by atoms with Crippen LogP contribution in [-0.4, -0.2) is 19.3 Å². The molecule has 4 rings (SSSR count). The number of nitrogens with two attached hydrogens (primary N) is 1. The van der Waals surface area contributed by atoms with Gasteiger partial charge in [-0.05, 0) is 11.6 Å². The summed E-state index contributed by atoms with van der Waals surface area (Å²) in [4.78, 5) is 4.46. The van der Waals surface area contributed by atoms with Crippen LogP contribution < -0.4 is 11.3 Å². The van der Waals surface area contributed by atoms with Crippen molar-refractivity contribution < 1.29 is 0 Å². The number of rotatable bonds is 1. The van der Waals surface area contributed by atoms with Gasteiger partial charge in [-0.2, -0.15) is 5.10 Å². The van der Waals surface area contributed by atoms with E-state index in [-0.39, 0.29) is 5.49 Å². The lowest BCUT2D eigenvalue weighted by Gasteiger charge is -2.05. The van der Waals surface area contributed by atoms with Crippen LogP contribution in [0.3, 0.4) is 0 Å². The number of benzene rings is 1. The molecule has 3 aromatic heterocycles. The molecule has 0 saturated carbocycles. The molecular weight excluding hydrogens is 264 g/mol. The number of fused-ring (bicyclic) bond motifs is 3. The van der Waals surface area contributed by atoms with Crippen molar-refractivity contribution in [3.63, 3.8) is 0 Å². The maximum atomic E-state index is 7.99. The topological polar surface area (TPSA) is 85.0 Å². The second-order valence-electron chi connectivity index (χ2n) is 4.79. The lowest BCUT2D eigenvalue weighted by molar-refractivity contribution is 0.886. The van der Waals surface area contributed by atoms with Crippen molar-refractivity contribution in [2.24, 2.45) is 0 Å². The summed E-state index contributed by atoms with van der Waals surface area (Å²) in [6.07, 6.45) is 5.11. The average molecular weight is 276 g/mol.